The summed E-state index contributed by atoms with van der Waals surface area (Å²) in [6, 6.07) is 15.7. The third-order valence-electron chi connectivity index (χ3n) is 4.11. The SMILES string of the molecule is CC(C)(C)c1ccc2c(c1)OCCN2C(=O)OCc1ccccc1. The van der Waals surface area contributed by atoms with Gasteiger partial charge in [-0.2, -0.15) is 0 Å². The molecule has 0 bridgehead atoms. The van der Waals surface area contributed by atoms with Gasteiger partial charge in [0, 0.05) is 0 Å². The van der Waals surface area contributed by atoms with E-state index in [0.29, 0.717) is 13.2 Å². The molecule has 1 amide bonds. The van der Waals surface area contributed by atoms with E-state index in [1.54, 1.807) is 4.90 Å². The Hall–Kier alpha value is -2.49. The molecule has 4 nitrogen and oxygen atoms in total. The normalized spacial score (nSPS) is 13.9. The van der Waals surface area contributed by atoms with Gasteiger partial charge in [0.15, 0.2) is 0 Å². The zero-order valence-electron chi connectivity index (χ0n) is 14.4. The molecule has 0 saturated heterocycles. The number of amides is 1. The van der Waals surface area contributed by atoms with Crippen molar-refractivity contribution >= 4 is 11.8 Å². The van der Waals surface area contributed by atoms with Gasteiger partial charge in [-0.25, -0.2) is 4.79 Å². The molecule has 0 spiro atoms. The fraction of sp³-hybridized carbons (Fsp3) is 0.350. The van der Waals surface area contributed by atoms with E-state index in [4.69, 9.17) is 9.47 Å². The quantitative estimate of drug-likeness (QED) is 0.815. The highest BCUT2D eigenvalue weighted by Crippen LogP contribution is 2.36. The molecule has 0 aliphatic carbocycles. The summed E-state index contributed by atoms with van der Waals surface area (Å²) in [5.41, 5.74) is 2.96. The van der Waals surface area contributed by atoms with E-state index < -0.39 is 0 Å². The average molecular weight is 325 g/mol. The number of ether oxygens (including phenoxy) is 2. The third kappa shape index (κ3) is 3.53. The molecule has 2 aromatic rings. The number of fused-ring (bicyclic) bond motifs is 1. The first-order valence-electron chi connectivity index (χ1n) is 8.21. The Labute approximate surface area is 143 Å². The van der Waals surface area contributed by atoms with Crippen molar-refractivity contribution < 1.29 is 14.3 Å². The Balaban J connectivity index is 1.75. The lowest BCUT2D eigenvalue weighted by atomic mass is 9.86. The predicted molar refractivity (Wildman–Crippen MR) is 94.6 cm³/mol. The summed E-state index contributed by atoms with van der Waals surface area (Å²) in [4.78, 5) is 14.1. The largest absolute Gasteiger partial charge is 0.490 e. The Morgan fingerprint density at radius 3 is 2.62 bits per heavy atom. The second-order valence-corrected chi connectivity index (χ2v) is 6.97. The van der Waals surface area contributed by atoms with Crippen LogP contribution in [0.25, 0.3) is 0 Å². The van der Waals surface area contributed by atoms with E-state index in [-0.39, 0.29) is 18.1 Å². The number of rotatable bonds is 2. The van der Waals surface area contributed by atoms with Gasteiger partial charge in [0.25, 0.3) is 0 Å². The second-order valence-electron chi connectivity index (χ2n) is 6.97. The van der Waals surface area contributed by atoms with E-state index in [9.17, 15) is 4.79 Å². The first kappa shape index (κ1) is 16.4. The minimum atomic E-state index is -0.341. The lowest BCUT2D eigenvalue weighted by Gasteiger charge is -2.30. The molecule has 1 heterocycles. The number of hydrogen-bond acceptors (Lipinski definition) is 3. The van der Waals surface area contributed by atoms with Crippen molar-refractivity contribution in [3.63, 3.8) is 0 Å². The van der Waals surface area contributed by atoms with Gasteiger partial charge >= 0.3 is 6.09 Å². The van der Waals surface area contributed by atoms with Crippen LogP contribution in [0.1, 0.15) is 31.9 Å². The summed E-state index contributed by atoms with van der Waals surface area (Å²) >= 11 is 0. The first-order valence-corrected chi connectivity index (χ1v) is 8.21. The lowest BCUT2D eigenvalue weighted by Crippen LogP contribution is -2.38. The molecule has 0 saturated carbocycles. The third-order valence-corrected chi connectivity index (χ3v) is 4.11. The fourth-order valence-electron chi connectivity index (χ4n) is 2.67. The van der Waals surface area contributed by atoms with E-state index in [1.807, 2.05) is 48.5 Å². The molecule has 0 radical (unpaired) electrons. The van der Waals surface area contributed by atoms with E-state index >= 15 is 0 Å². The molecule has 0 unspecified atom stereocenters. The van der Waals surface area contributed by atoms with Crippen molar-refractivity contribution in [2.75, 3.05) is 18.1 Å². The first-order chi connectivity index (χ1) is 11.4. The monoisotopic (exact) mass is 325 g/mol. The van der Waals surface area contributed by atoms with Crippen LogP contribution < -0.4 is 9.64 Å². The van der Waals surface area contributed by atoms with Crippen LogP contribution in [0.4, 0.5) is 10.5 Å². The molecular weight excluding hydrogens is 302 g/mol. The van der Waals surface area contributed by atoms with Crippen molar-refractivity contribution in [2.24, 2.45) is 0 Å². The Morgan fingerprint density at radius 2 is 1.92 bits per heavy atom. The molecule has 0 atom stereocenters. The summed E-state index contributed by atoms with van der Waals surface area (Å²) in [5, 5.41) is 0. The van der Waals surface area contributed by atoms with Crippen LogP contribution in [0.5, 0.6) is 5.75 Å². The van der Waals surface area contributed by atoms with E-state index in [1.165, 1.54) is 5.56 Å². The predicted octanol–water partition coefficient (Wildman–Crippen LogP) is 4.52. The van der Waals surface area contributed by atoms with E-state index in [0.717, 1.165) is 17.0 Å². The zero-order valence-corrected chi connectivity index (χ0v) is 14.4. The van der Waals surface area contributed by atoms with Gasteiger partial charge in [-0.05, 0) is 28.7 Å². The Kier molecular flexibility index (Phi) is 4.47. The molecule has 24 heavy (non-hydrogen) atoms. The Bertz CT molecular complexity index is 719. The van der Waals surface area contributed by atoms with Gasteiger partial charge in [-0.3, -0.25) is 4.90 Å². The van der Waals surface area contributed by atoms with Crippen LogP contribution in [0.15, 0.2) is 48.5 Å². The van der Waals surface area contributed by atoms with Crippen LogP contribution in [-0.4, -0.2) is 19.2 Å². The maximum Gasteiger partial charge on any atom is 0.414 e. The summed E-state index contributed by atoms with van der Waals surface area (Å²) < 4.78 is 11.2. The van der Waals surface area contributed by atoms with Gasteiger partial charge in [-0.1, -0.05) is 57.2 Å². The molecule has 4 heteroatoms. The van der Waals surface area contributed by atoms with Crippen LogP contribution in [0.2, 0.25) is 0 Å². The molecule has 0 aromatic heterocycles. The van der Waals surface area contributed by atoms with Crippen molar-refractivity contribution in [3.05, 3.63) is 59.7 Å². The molecule has 0 fully saturated rings. The maximum atomic E-state index is 12.5. The highest BCUT2D eigenvalue weighted by atomic mass is 16.6. The summed E-state index contributed by atoms with van der Waals surface area (Å²) in [7, 11) is 0. The number of carbonyl (C=O) groups is 1. The highest BCUT2D eigenvalue weighted by Gasteiger charge is 2.26. The summed E-state index contributed by atoms with van der Waals surface area (Å²) in [5.74, 6) is 0.741. The molecule has 2 aromatic carbocycles. The molecular formula is C20H23NO3. The minimum Gasteiger partial charge on any atom is -0.490 e. The van der Waals surface area contributed by atoms with Crippen LogP contribution in [0, 0.1) is 0 Å². The van der Waals surface area contributed by atoms with Crippen molar-refractivity contribution in [1.82, 2.24) is 0 Å². The maximum absolute atomic E-state index is 12.5. The number of nitrogens with zero attached hydrogens (tertiary/aromatic N) is 1. The van der Waals surface area contributed by atoms with Crippen LogP contribution >= 0.6 is 0 Å². The minimum absolute atomic E-state index is 0.0362. The number of carbonyl (C=O) groups excluding carboxylic acids is 1. The van der Waals surface area contributed by atoms with Gasteiger partial charge in [0.2, 0.25) is 0 Å². The molecule has 0 N–H and O–H groups in total. The Morgan fingerprint density at radius 1 is 1.17 bits per heavy atom. The van der Waals surface area contributed by atoms with Crippen LogP contribution in [0.3, 0.4) is 0 Å². The number of benzene rings is 2. The molecule has 126 valence electrons. The van der Waals surface area contributed by atoms with Crippen LogP contribution in [-0.2, 0) is 16.8 Å². The number of anilines is 1. The van der Waals surface area contributed by atoms with Crippen molar-refractivity contribution in [2.45, 2.75) is 32.8 Å². The standard InChI is InChI=1S/C20H23NO3/c1-20(2,3)16-9-10-17-18(13-16)23-12-11-21(17)19(22)24-14-15-7-5-4-6-8-15/h4-10,13H,11-12,14H2,1-3H3. The summed E-state index contributed by atoms with van der Waals surface area (Å²) in [6.07, 6.45) is -0.341. The second kappa shape index (κ2) is 6.56. The molecule has 1 aliphatic heterocycles. The van der Waals surface area contributed by atoms with E-state index in [2.05, 4.69) is 20.8 Å². The van der Waals surface area contributed by atoms with Crippen molar-refractivity contribution in [1.29, 1.82) is 0 Å². The van der Waals surface area contributed by atoms with Gasteiger partial charge in [0.1, 0.15) is 19.0 Å². The average Bonchev–Trinajstić information content (AvgIpc) is 2.58. The van der Waals surface area contributed by atoms with Crippen molar-refractivity contribution in [3.8, 4) is 5.75 Å². The molecule has 1 aliphatic rings. The van der Waals surface area contributed by atoms with Gasteiger partial charge < -0.3 is 9.47 Å². The topological polar surface area (TPSA) is 38.8 Å². The number of hydrogen-bond donors (Lipinski definition) is 0. The summed E-state index contributed by atoms with van der Waals surface area (Å²) in [6.45, 7) is 7.71. The highest BCUT2D eigenvalue weighted by molar-refractivity contribution is 5.90. The van der Waals surface area contributed by atoms with Gasteiger partial charge in [0.05, 0.1) is 12.2 Å². The molecule has 3 rings (SSSR count). The lowest BCUT2D eigenvalue weighted by molar-refractivity contribution is 0.144. The zero-order chi connectivity index (χ0) is 17.2. The smallest absolute Gasteiger partial charge is 0.414 e. The fourth-order valence-corrected chi connectivity index (χ4v) is 2.67. The van der Waals surface area contributed by atoms with Gasteiger partial charge in [-0.15, -0.1) is 0 Å².